The number of sulfonamides is 1. The zero-order chi connectivity index (χ0) is 18.4. The van der Waals surface area contributed by atoms with Crippen LogP contribution < -0.4 is 5.32 Å². The van der Waals surface area contributed by atoms with E-state index in [4.69, 9.17) is 11.6 Å². The predicted octanol–water partition coefficient (Wildman–Crippen LogP) is 3.27. The van der Waals surface area contributed by atoms with E-state index in [9.17, 15) is 17.6 Å². The summed E-state index contributed by atoms with van der Waals surface area (Å²) < 4.78 is 38.2. The fourth-order valence-electron chi connectivity index (χ4n) is 2.17. The molecule has 0 radical (unpaired) electrons. The van der Waals surface area contributed by atoms with Gasteiger partial charge in [0.2, 0.25) is 15.9 Å². The van der Waals surface area contributed by atoms with Crippen LogP contribution >= 0.6 is 11.6 Å². The van der Waals surface area contributed by atoms with Crippen LogP contribution in [0, 0.1) is 5.82 Å². The molecule has 0 saturated heterocycles. The molecule has 8 heteroatoms. The van der Waals surface area contributed by atoms with Crippen molar-refractivity contribution in [1.29, 1.82) is 0 Å². The standard InChI is InChI=1S/C17H18ClFN2O3S/c1-25(23,24)21(12-13-5-7-14(18)8-6-13)10-9-17(22)20-16-4-2-3-15(19)11-16/h2-8,11H,9-10,12H2,1H3,(H,20,22). The molecule has 0 unspecified atom stereocenters. The van der Waals surface area contributed by atoms with Gasteiger partial charge in [0.25, 0.3) is 0 Å². The van der Waals surface area contributed by atoms with Crippen LogP contribution in [-0.2, 0) is 21.4 Å². The molecule has 0 aliphatic rings. The van der Waals surface area contributed by atoms with Crippen LogP contribution in [0.2, 0.25) is 5.02 Å². The van der Waals surface area contributed by atoms with Crippen LogP contribution in [-0.4, -0.2) is 31.4 Å². The van der Waals surface area contributed by atoms with Crippen molar-refractivity contribution in [1.82, 2.24) is 4.31 Å². The van der Waals surface area contributed by atoms with Gasteiger partial charge < -0.3 is 5.32 Å². The first-order valence-corrected chi connectivity index (χ1v) is 9.71. The van der Waals surface area contributed by atoms with Gasteiger partial charge in [0.1, 0.15) is 5.82 Å². The van der Waals surface area contributed by atoms with Gasteiger partial charge in [0.15, 0.2) is 0 Å². The number of carbonyl (C=O) groups excluding carboxylic acids is 1. The SMILES string of the molecule is CS(=O)(=O)N(CCC(=O)Nc1cccc(F)c1)Cc1ccc(Cl)cc1. The normalized spacial score (nSPS) is 11.5. The first-order valence-electron chi connectivity index (χ1n) is 7.49. The second-order valence-corrected chi connectivity index (χ2v) is 7.95. The van der Waals surface area contributed by atoms with Crippen LogP contribution in [0.15, 0.2) is 48.5 Å². The molecule has 1 N–H and O–H groups in total. The molecule has 25 heavy (non-hydrogen) atoms. The van der Waals surface area contributed by atoms with Crippen molar-refractivity contribution < 1.29 is 17.6 Å². The van der Waals surface area contributed by atoms with Crippen LogP contribution in [0.4, 0.5) is 10.1 Å². The summed E-state index contributed by atoms with van der Waals surface area (Å²) >= 11 is 5.82. The maximum atomic E-state index is 13.1. The quantitative estimate of drug-likeness (QED) is 0.796. The summed E-state index contributed by atoms with van der Waals surface area (Å²) in [6.45, 7) is 0.159. The Hall–Kier alpha value is -1.96. The van der Waals surface area contributed by atoms with Crippen molar-refractivity contribution in [3.8, 4) is 0 Å². The molecule has 0 atom stereocenters. The Balaban J connectivity index is 1.98. The van der Waals surface area contributed by atoms with Crippen LogP contribution in [0.1, 0.15) is 12.0 Å². The minimum atomic E-state index is -3.49. The van der Waals surface area contributed by atoms with E-state index in [0.29, 0.717) is 10.7 Å². The van der Waals surface area contributed by atoms with Crippen LogP contribution in [0.3, 0.4) is 0 Å². The van der Waals surface area contributed by atoms with E-state index in [-0.39, 0.29) is 19.5 Å². The van der Waals surface area contributed by atoms with Crippen molar-refractivity contribution >= 4 is 33.2 Å². The lowest BCUT2D eigenvalue weighted by molar-refractivity contribution is -0.116. The Morgan fingerprint density at radius 3 is 2.48 bits per heavy atom. The van der Waals surface area contributed by atoms with Crippen molar-refractivity contribution in [2.24, 2.45) is 0 Å². The highest BCUT2D eigenvalue weighted by molar-refractivity contribution is 7.88. The number of benzene rings is 2. The minimum Gasteiger partial charge on any atom is -0.326 e. The van der Waals surface area contributed by atoms with Crippen LogP contribution in [0.5, 0.6) is 0 Å². The van der Waals surface area contributed by atoms with E-state index in [0.717, 1.165) is 11.8 Å². The fourth-order valence-corrected chi connectivity index (χ4v) is 3.10. The summed E-state index contributed by atoms with van der Waals surface area (Å²) in [6, 6.07) is 12.3. The Bertz CT molecular complexity index is 841. The third-order valence-electron chi connectivity index (χ3n) is 3.44. The molecule has 2 aromatic carbocycles. The number of carbonyl (C=O) groups is 1. The summed E-state index contributed by atoms with van der Waals surface area (Å²) in [7, 11) is -3.49. The third-order valence-corrected chi connectivity index (χ3v) is 4.94. The van der Waals surface area contributed by atoms with Gasteiger partial charge in [-0.2, -0.15) is 4.31 Å². The average molecular weight is 385 g/mol. The second kappa shape index (κ2) is 8.42. The molecule has 0 fully saturated rings. The molecule has 0 heterocycles. The molecule has 0 bridgehead atoms. The summed E-state index contributed by atoms with van der Waals surface area (Å²) in [4.78, 5) is 12.0. The summed E-state index contributed by atoms with van der Waals surface area (Å²) in [5, 5.41) is 3.10. The molecule has 2 rings (SSSR count). The summed E-state index contributed by atoms with van der Waals surface area (Å²) in [5.74, 6) is -0.853. The molecular formula is C17H18ClFN2O3S. The lowest BCUT2D eigenvalue weighted by Crippen LogP contribution is -2.32. The number of nitrogens with one attached hydrogen (secondary N) is 1. The zero-order valence-electron chi connectivity index (χ0n) is 13.6. The highest BCUT2D eigenvalue weighted by atomic mass is 35.5. The highest BCUT2D eigenvalue weighted by Crippen LogP contribution is 2.14. The minimum absolute atomic E-state index is 0.0165. The molecule has 2 aromatic rings. The molecule has 0 aliphatic heterocycles. The molecule has 1 amide bonds. The van der Waals surface area contributed by atoms with Gasteiger partial charge in [0.05, 0.1) is 6.26 Å². The topological polar surface area (TPSA) is 66.5 Å². The van der Waals surface area contributed by atoms with Gasteiger partial charge in [-0.15, -0.1) is 0 Å². The van der Waals surface area contributed by atoms with Crippen molar-refractivity contribution in [3.05, 3.63) is 64.9 Å². The van der Waals surface area contributed by atoms with E-state index >= 15 is 0 Å². The zero-order valence-corrected chi connectivity index (χ0v) is 15.1. The van der Waals surface area contributed by atoms with Gasteiger partial charge in [0, 0.05) is 30.2 Å². The number of anilines is 1. The van der Waals surface area contributed by atoms with E-state index in [2.05, 4.69) is 5.32 Å². The van der Waals surface area contributed by atoms with Crippen molar-refractivity contribution in [2.45, 2.75) is 13.0 Å². The number of halogens is 2. The lowest BCUT2D eigenvalue weighted by atomic mass is 10.2. The molecule has 0 spiro atoms. The number of hydrogen-bond acceptors (Lipinski definition) is 3. The molecule has 5 nitrogen and oxygen atoms in total. The van der Waals surface area contributed by atoms with Gasteiger partial charge in [-0.05, 0) is 35.9 Å². The largest absolute Gasteiger partial charge is 0.326 e. The van der Waals surface area contributed by atoms with Gasteiger partial charge in [-0.3, -0.25) is 4.79 Å². The van der Waals surface area contributed by atoms with E-state index in [1.54, 1.807) is 30.3 Å². The van der Waals surface area contributed by atoms with Crippen LogP contribution in [0.25, 0.3) is 0 Å². The van der Waals surface area contributed by atoms with Gasteiger partial charge in [-0.1, -0.05) is 29.8 Å². The van der Waals surface area contributed by atoms with E-state index in [1.165, 1.54) is 22.5 Å². The first-order chi connectivity index (χ1) is 11.7. The Kier molecular flexibility index (Phi) is 6.52. The number of hydrogen-bond donors (Lipinski definition) is 1. The van der Waals surface area contributed by atoms with Gasteiger partial charge in [-0.25, -0.2) is 12.8 Å². The summed E-state index contributed by atoms with van der Waals surface area (Å²) in [5.41, 5.74) is 1.09. The smallest absolute Gasteiger partial charge is 0.225 e. The second-order valence-electron chi connectivity index (χ2n) is 5.53. The van der Waals surface area contributed by atoms with Crippen molar-refractivity contribution in [3.63, 3.8) is 0 Å². The Morgan fingerprint density at radius 2 is 1.88 bits per heavy atom. The Labute approximate surface area is 151 Å². The van der Waals surface area contributed by atoms with E-state index < -0.39 is 21.7 Å². The maximum Gasteiger partial charge on any atom is 0.225 e. The lowest BCUT2D eigenvalue weighted by Gasteiger charge is -2.20. The predicted molar refractivity (Wildman–Crippen MR) is 96.4 cm³/mol. The summed E-state index contributed by atoms with van der Waals surface area (Å²) in [6.07, 6.45) is 1.05. The highest BCUT2D eigenvalue weighted by Gasteiger charge is 2.18. The van der Waals surface area contributed by atoms with E-state index in [1.807, 2.05) is 0 Å². The first kappa shape index (κ1) is 19.4. The number of amides is 1. The maximum absolute atomic E-state index is 13.1. The average Bonchev–Trinajstić information content (AvgIpc) is 2.52. The van der Waals surface area contributed by atoms with Gasteiger partial charge >= 0.3 is 0 Å². The monoisotopic (exact) mass is 384 g/mol. The molecule has 134 valence electrons. The molecular weight excluding hydrogens is 367 g/mol. The molecule has 0 aromatic heterocycles. The van der Waals surface area contributed by atoms with Crippen molar-refractivity contribution in [2.75, 3.05) is 18.1 Å². The Morgan fingerprint density at radius 1 is 1.20 bits per heavy atom. The molecule has 0 aliphatic carbocycles. The fraction of sp³-hybridized carbons (Fsp3) is 0.235. The third kappa shape index (κ3) is 6.45. The number of rotatable bonds is 7. The molecule has 0 saturated carbocycles. The number of nitrogens with zero attached hydrogens (tertiary/aromatic N) is 1.